The summed E-state index contributed by atoms with van der Waals surface area (Å²) in [7, 11) is 0. The van der Waals surface area contributed by atoms with Crippen molar-refractivity contribution in [1.82, 2.24) is 4.90 Å². The van der Waals surface area contributed by atoms with Gasteiger partial charge in [-0.25, -0.2) is 4.39 Å². The molecule has 2 aromatic carbocycles. The van der Waals surface area contributed by atoms with Crippen molar-refractivity contribution in [1.29, 1.82) is 0 Å². The Morgan fingerprint density at radius 1 is 1.19 bits per heavy atom. The van der Waals surface area contributed by atoms with Crippen molar-refractivity contribution in [2.24, 2.45) is 0 Å². The van der Waals surface area contributed by atoms with Gasteiger partial charge in [0, 0.05) is 18.7 Å². The minimum absolute atomic E-state index is 0.0988. The summed E-state index contributed by atoms with van der Waals surface area (Å²) in [6.07, 6.45) is 1.90. The highest BCUT2D eigenvalue weighted by atomic mass is 32.2. The summed E-state index contributed by atoms with van der Waals surface area (Å²) in [6.45, 7) is 2.20. The van der Waals surface area contributed by atoms with Crippen LogP contribution in [-0.2, 0) is 9.59 Å². The third kappa shape index (κ3) is 5.02. The highest BCUT2D eigenvalue weighted by Crippen LogP contribution is 2.32. The number of benzene rings is 2. The van der Waals surface area contributed by atoms with Crippen molar-refractivity contribution in [3.8, 4) is 0 Å². The van der Waals surface area contributed by atoms with Gasteiger partial charge in [0.2, 0.25) is 5.91 Å². The second-order valence-electron chi connectivity index (χ2n) is 6.05. The number of hydrogen-bond acceptors (Lipinski definition) is 4. The molecule has 0 aromatic heterocycles. The van der Waals surface area contributed by atoms with Crippen molar-refractivity contribution in [2.75, 3.05) is 11.9 Å². The van der Waals surface area contributed by atoms with E-state index in [1.807, 2.05) is 31.2 Å². The van der Waals surface area contributed by atoms with Crippen LogP contribution in [0.1, 0.15) is 17.5 Å². The molecule has 0 aliphatic carbocycles. The average molecular weight is 401 g/mol. The Bertz CT molecular complexity index is 909. The lowest BCUT2D eigenvalue weighted by Gasteiger charge is -2.14. The first-order chi connectivity index (χ1) is 12.9. The van der Waals surface area contributed by atoms with Crippen LogP contribution >= 0.6 is 24.0 Å². The summed E-state index contributed by atoms with van der Waals surface area (Å²) < 4.78 is 13.3. The third-order valence-electron chi connectivity index (χ3n) is 3.94. The number of nitrogens with one attached hydrogen (secondary N) is 1. The number of carbonyl (C=O) groups is 2. The Kier molecular flexibility index (Phi) is 6.03. The molecule has 1 fully saturated rings. The van der Waals surface area contributed by atoms with E-state index in [0.717, 1.165) is 11.1 Å². The Morgan fingerprint density at radius 3 is 2.52 bits per heavy atom. The molecule has 0 radical (unpaired) electrons. The molecule has 0 spiro atoms. The highest BCUT2D eigenvalue weighted by Gasteiger charge is 2.32. The second-order valence-corrected chi connectivity index (χ2v) is 7.72. The predicted octanol–water partition coefficient (Wildman–Crippen LogP) is 4.36. The molecule has 4 nitrogen and oxygen atoms in total. The van der Waals surface area contributed by atoms with Crippen molar-refractivity contribution < 1.29 is 14.0 Å². The van der Waals surface area contributed by atoms with Gasteiger partial charge in [-0.2, -0.15) is 0 Å². The molecule has 1 aliphatic heterocycles. The zero-order valence-corrected chi connectivity index (χ0v) is 16.2. The molecule has 2 amide bonds. The number of hydrogen-bond donors (Lipinski definition) is 1. The third-order valence-corrected chi connectivity index (χ3v) is 5.32. The van der Waals surface area contributed by atoms with Crippen LogP contribution in [0.25, 0.3) is 6.08 Å². The number of halogens is 1. The van der Waals surface area contributed by atoms with Crippen LogP contribution in [-0.4, -0.2) is 27.6 Å². The van der Waals surface area contributed by atoms with Crippen LogP contribution in [0.5, 0.6) is 0 Å². The summed E-state index contributed by atoms with van der Waals surface area (Å²) in [6, 6.07) is 13.4. The highest BCUT2D eigenvalue weighted by molar-refractivity contribution is 8.26. The quantitative estimate of drug-likeness (QED) is 0.598. The van der Waals surface area contributed by atoms with E-state index >= 15 is 0 Å². The largest absolute Gasteiger partial charge is 0.326 e. The number of carbonyl (C=O) groups excluding carboxylic acids is 2. The molecule has 1 aliphatic rings. The summed E-state index contributed by atoms with van der Waals surface area (Å²) >= 11 is 6.52. The lowest BCUT2D eigenvalue weighted by atomic mass is 10.1. The molecule has 0 bridgehead atoms. The van der Waals surface area contributed by atoms with E-state index in [0.29, 0.717) is 14.9 Å². The van der Waals surface area contributed by atoms with Gasteiger partial charge >= 0.3 is 0 Å². The lowest BCUT2D eigenvalue weighted by Crippen LogP contribution is -2.31. The van der Waals surface area contributed by atoms with Crippen LogP contribution in [0.15, 0.2) is 53.4 Å². The summed E-state index contributed by atoms with van der Waals surface area (Å²) in [5, 5.41) is 2.67. The van der Waals surface area contributed by atoms with Crippen molar-refractivity contribution in [3.05, 3.63) is 70.4 Å². The fraction of sp³-hybridized carbons (Fsp3) is 0.150. The SMILES string of the molecule is Cc1ccc(C=C2SC(=S)N(CCC(=O)Nc3ccc(F)cc3)C2=O)cc1. The minimum atomic E-state index is -0.370. The zero-order valence-electron chi connectivity index (χ0n) is 14.6. The van der Waals surface area contributed by atoms with Crippen molar-refractivity contribution in [3.63, 3.8) is 0 Å². The van der Waals surface area contributed by atoms with Crippen molar-refractivity contribution >= 4 is 51.9 Å². The molecule has 1 N–H and O–H groups in total. The number of amides is 2. The van der Waals surface area contributed by atoms with Crippen LogP contribution < -0.4 is 5.32 Å². The Hall–Kier alpha value is -2.51. The maximum Gasteiger partial charge on any atom is 0.266 e. The molecule has 1 heterocycles. The molecule has 0 saturated carbocycles. The average Bonchev–Trinajstić information content (AvgIpc) is 2.90. The maximum atomic E-state index is 12.9. The number of anilines is 1. The fourth-order valence-corrected chi connectivity index (χ4v) is 3.79. The monoisotopic (exact) mass is 400 g/mol. The number of rotatable bonds is 5. The number of thioether (sulfide) groups is 1. The molecule has 138 valence electrons. The lowest BCUT2D eigenvalue weighted by molar-refractivity contribution is -0.122. The summed E-state index contributed by atoms with van der Waals surface area (Å²) in [5.41, 5.74) is 2.58. The number of nitrogens with zero attached hydrogens (tertiary/aromatic N) is 1. The van der Waals surface area contributed by atoms with Gasteiger partial charge in [-0.15, -0.1) is 0 Å². The van der Waals surface area contributed by atoms with Crippen LogP contribution in [0.2, 0.25) is 0 Å². The van der Waals surface area contributed by atoms with Gasteiger partial charge in [-0.1, -0.05) is 53.8 Å². The van der Waals surface area contributed by atoms with Gasteiger partial charge < -0.3 is 5.32 Å². The van der Waals surface area contributed by atoms with E-state index in [1.54, 1.807) is 6.08 Å². The smallest absolute Gasteiger partial charge is 0.266 e. The first kappa shape index (κ1) is 19.3. The van der Waals surface area contributed by atoms with E-state index in [9.17, 15) is 14.0 Å². The Morgan fingerprint density at radius 2 is 1.85 bits per heavy atom. The molecule has 27 heavy (non-hydrogen) atoms. The molecule has 2 aromatic rings. The van der Waals surface area contributed by atoms with Gasteiger partial charge in [0.1, 0.15) is 10.1 Å². The predicted molar refractivity (Wildman–Crippen MR) is 111 cm³/mol. The molecule has 0 atom stereocenters. The maximum absolute atomic E-state index is 12.9. The van der Waals surface area contributed by atoms with E-state index in [-0.39, 0.29) is 30.6 Å². The van der Waals surface area contributed by atoms with Crippen LogP contribution in [0.4, 0.5) is 10.1 Å². The van der Waals surface area contributed by atoms with E-state index in [1.165, 1.54) is 40.9 Å². The summed E-state index contributed by atoms with van der Waals surface area (Å²) in [4.78, 5) is 26.6. The Labute approximate surface area is 166 Å². The number of aryl methyl sites for hydroxylation is 1. The zero-order chi connectivity index (χ0) is 19.4. The van der Waals surface area contributed by atoms with Gasteiger partial charge in [0.25, 0.3) is 5.91 Å². The molecular formula is C20H17FN2O2S2. The molecule has 0 unspecified atom stereocenters. The fourth-order valence-electron chi connectivity index (χ4n) is 2.48. The molecule has 7 heteroatoms. The van der Waals surface area contributed by atoms with Gasteiger partial charge in [0.15, 0.2) is 0 Å². The number of thiocarbonyl (C=S) groups is 1. The van der Waals surface area contributed by atoms with Crippen molar-refractivity contribution in [2.45, 2.75) is 13.3 Å². The molecule has 1 saturated heterocycles. The second kappa shape index (κ2) is 8.45. The molecule has 3 rings (SSSR count). The first-order valence-corrected chi connectivity index (χ1v) is 9.52. The van der Waals surface area contributed by atoms with Crippen LogP contribution in [0.3, 0.4) is 0 Å². The Balaban J connectivity index is 1.59. The standard InChI is InChI=1S/C20H17FN2O2S2/c1-13-2-4-14(5-3-13)12-17-19(25)23(20(26)27-17)11-10-18(24)22-16-8-6-15(21)7-9-16/h2-9,12H,10-11H2,1H3,(H,22,24). The minimum Gasteiger partial charge on any atom is -0.326 e. The van der Waals surface area contributed by atoms with Crippen LogP contribution in [0, 0.1) is 12.7 Å². The van der Waals surface area contributed by atoms with E-state index in [4.69, 9.17) is 12.2 Å². The van der Waals surface area contributed by atoms with E-state index in [2.05, 4.69) is 5.32 Å². The van der Waals surface area contributed by atoms with Gasteiger partial charge in [-0.3, -0.25) is 14.5 Å². The topological polar surface area (TPSA) is 49.4 Å². The van der Waals surface area contributed by atoms with Gasteiger partial charge in [0.05, 0.1) is 4.91 Å². The summed E-state index contributed by atoms with van der Waals surface area (Å²) in [5.74, 6) is -0.829. The van der Waals surface area contributed by atoms with Gasteiger partial charge in [-0.05, 0) is 42.8 Å². The first-order valence-electron chi connectivity index (χ1n) is 8.30. The normalized spacial score (nSPS) is 15.5. The molecular weight excluding hydrogens is 383 g/mol. The van der Waals surface area contributed by atoms with E-state index < -0.39 is 0 Å².